The van der Waals surface area contributed by atoms with Gasteiger partial charge in [-0.2, -0.15) is 0 Å². The fraction of sp³-hybridized carbons (Fsp3) is 0.368. The van der Waals surface area contributed by atoms with Crippen molar-refractivity contribution in [3.63, 3.8) is 0 Å². The van der Waals surface area contributed by atoms with Crippen LogP contribution in [-0.2, 0) is 24.2 Å². The van der Waals surface area contributed by atoms with Crippen molar-refractivity contribution in [1.29, 1.82) is 0 Å². The first-order valence-electron chi connectivity index (χ1n) is 8.93. The lowest BCUT2D eigenvalue weighted by atomic mass is 10.1. The fourth-order valence-electron chi connectivity index (χ4n) is 3.45. The number of carbonyl (C=O) groups is 1. The number of hydrogen-bond acceptors (Lipinski definition) is 5. The van der Waals surface area contributed by atoms with Crippen molar-refractivity contribution in [2.24, 2.45) is 0 Å². The molecule has 1 aliphatic rings. The van der Waals surface area contributed by atoms with Gasteiger partial charge in [0.1, 0.15) is 5.65 Å². The molecule has 1 N–H and O–H groups in total. The number of imidazole rings is 1. The largest absolute Gasteiger partial charge is 0.348 e. The summed E-state index contributed by atoms with van der Waals surface area (Å²) in [6.07, 6.45) is 4.46. The van der Waals surface area contributed by atoms with Crippen LogP contribution in [0, 0.1) is 6.92 Å². The molecule has 0 saturated heterocycles. The van der Waals surface area contributed by atoms with Crippen LogP contribution in [0.2, 0.25) is 0 Å². The molecule has 8 nitrogen and oxygen atoms in total. The van der Waals surface area contributed by atoms with Crippen molar-refractivity contribution >= 4 is 17.5 Å². The molecule has 3 aromatic heterocycles. The van der Waals surface area contributed by atoms with Crippen molar-refractivity contribution in [1.82, 2.24) is 24.3 Å². The van der Waals surface area contributed by atoms with Crippen molar-refractivity contribution in [3.05, 3.63) is 57.4 Å². The van der Waals surface area contributed by atoms with E-state index in [0.29, 0.717) is 36.7 Å². The van der Waals surface area contributed by atoms with Gasteiger partial charge in [-0.1, -0.05) is 6.07 Å². The number of pyridine rings is 1. The van der Waals surface area contributed by atoms with Gasteiger partial charge in [0.25, 0.3) is 5.56 Å². The van der Waals surface area contributed by atoms with Crippen LogP contribution in [0.5, 0.6) is 0 Å². The Morgan fingerprint density at radius 2 is 2.19 bits per heavy atom. The quantitative estimate of drug-likeness (QED) is 0.745. The Balaban J connectivity index is 1.57. The molecule has 8 heteroatoms. The van der Waals surface area contributed by atoms with E-state index in [1.807, 2.05) is 43.7 Å². The highest BCUT2D eigenvalue weighted by atomic mass is 16.2. The van der Waals surface area contributed by atoms with Gasteiger partial charge in [-0.15, -0.1) is 0 Å². The second kappa shape index (κ2) is 6.53. The monoisotopic (exact) mass is 366 g/mol. The number of nitrogens with zero attached hydrogens (tertiary/aromatic N) is 5. The summed E-state index contributed by atoms with van der Waals surface area (Å²) >= 11 is 0. The number of amides is 1. The Kier molecular flexibility index (Phi) is 4.18. The van der Waals surface area contributed by atoms with Crippen molar-refractivity contribution in [2.45, 2.75) is 26.3 Å². The van der Waals surface area contributed by atoms with Crippen LogP contribution in [0.15, 0.2) is 29.3 Å². The molecule has 3 aromatic rings. The van der Waals surface area contributed by atoms with E-state index in [1.165, 1.54) is 0 Å². The Morgan fingerprint density at radius 3 is 2.96 bits per heavy atom. The summed E-state index contributed by atoms with van der Waals surface area (Å²) in [5.74, 6) is 0.516. The Hall–Kier alpha value is -3.16. The van der Waals surface area contributed by atoms with E-state index in [9.17, 15) is 9.59 Å². The predicted octanol–water partition coefficient (Wildman–Crippen LogP) is 0.919. The van der Waals surface area contributed by atoms with E-state index in [-0.39, 0.29) is 17.9 Å². The molecule has 4 heterocycles. The van der Waals surface area contributed by atoms with E-state index in [1.54, 1.807) is 16.0 Å². The molecule has 0 radical (unpaired) electrons. The predicted molar refractivity (Wildman–Crippen MR) is 102 cm³/mol. The summed E-state index contributed by atoms with van der Waals surface area (Å²) < 4.78 is 1.96. The smallest absolute Gasteiger partial charge is 0.255 e. The number of hydrogen-bond donors (Lipinski definition) is 1. The summed E-state index contributed by atoms with van der Waals surface area (Å²) in [6, 6.07) is 3.95. The first-order valence-corrected chi connectivity index (χ1v) is 8.93. The molecule has 0 aliphatic carbocycles. The number of carbonyl (C=O) groups excluding carboxylic acids is 1. The van der Waals surface area contributed by atoms with Crippen molar-refractivity contribution < 1.29 is 4.79 Å². The average molecular weight is 366 g/mol. The number of anilines is 1. The summed E-state index contributed by atoms with van der Waals surface area (Å²) in [6.45, 7) is 2.88. The fourth-order valence-corrected chi connectivity index (χ4v) is 3.45. The first kappa shape index (κ1) is 17.3. The van der Waals surface area contributed by atoms with Gasteiger partial charge in [0, 0.05) is 38.6 Å². The van der Waals surface area contributed by atoms with E-state index in [4.69, 9.17) is 0 Å². The third-order valence-electron chi connectivity index (χ3n) is 4.98. The molecule has 0 aromatic carbocycles. The molecule has 0 fully saturated rings. The van der Waals surface area contributed by atoms with Gasteiger partial charge in [0.2, 0.25) is 11.9 Å². The average Bonchev–Trinajstić information content (AvgIpc) is 3.05. The normalized spacial score (nSPS) is 13.7. The maximum absolute atomic E-state index is 12.9. The lowest BCUT2D eigenvalue weighted by molar-refractivity contribution is -0.131. The second-order valence-corrected chi connectivity index (χ2v) is 7.09. The number of aromatic nitrogens is 4. The minimum atomic E-state index is -0.118. The Morgan fingerprint density at radius 1 is 1.37 bits per heavy atom. The second-order valence-electron chi connectivity index (χ2n) is 7.09. The highest BCUT2D eigenvalue weighted by Gasteiger charge is 2.25. The van der Waals surface area contributed by atoms with Gasteiger partial charge >= 0.3 is 0 Å². The van der Waals surface area contributed by atoms with Gasteiger partial charge in [-0.05, 0) is 25.0 Å². The van der Waals surface area contributed by atoms with Gasteiger partial charge in [-0.25, -0.2) is 9.97 Å². The molecular formula is C19H22N6O2. The van der Waals surface area contributed by atoms with Crippen LogP contribution in [0.25, 0.3) is 5.65 Å². The number of nitrogens with one attached hydrogen (secondary N) is 1. The highest BCUT2D eigenvalue weighted by Crippen LogP contribution is 2.18. The molecule has 4 rings (SSSR count). The van der Waals surface area contributed by atoms with Crippen LogP contribution in [0.3, 0.4) is 0 Å². The molecule has 27 heavy (non-hydrogen) atoms. The number of H-pyrrole nitrogens is 1. The topological polar surface area (TPSA) is 86.6 Å². The van der Waals surface area contributed by atoms with Crippen LogP contribution in [0.4, 0.5) is 5.95 Å². The third kappa shape index (κ3) is 3.07. The first-order chi connectivity index (χ1) is 12.9. The molecular weight excluding hydrogens is 344 g/mol. The zero-order valence-electron chi connectivity index (χ0n) is 15.7. The molecule has 140 valence electrons. The van der Waals surface area contributed by atoms with Gasteiger partial charge in [-0.3, -0.25) is 14.6 Å². The molecule has 0 unspecified atom stereocenters. The van der Waals surface area contributed by atoms with Crippen molar-refractivity contribution in [3.8, 4) is 0 Å². The summed E-state index contributed by atoms with van der Waals surface area (Å²) in [5.41, 5.74) is 4.03. The molecule has 1 aliphatic heterocycles. The molecule has 0 saturated carbocycles. The molecule has 0 spiro atoms. The van der Waals surface area contributed by atoms with E-state index >= 15 is 0 Å². The van der Waals surface area contributed by atoms with Crippen LogP contribution in [-0.4, -0.2) is 50.8 Å². The molecule has 0 bridgehead atoms. The highest BCUT2D eigenvalue weighted by molar-refractivity contribution is 5.79. The summed E-state index contributed by atoms with van der Waals surface area (Å²) in [7, 11) is 3.65. The zero-order chi connectivity index (χ0) is 19.1. The van der Waals surface area contributed by atoms with Crippen LogP contribution < -0.4 is 10.5 Å². The van der Waals surface area contributed by atoms with Crippen molar-refractivity contribution in [2.75, 3.05) is 25.5 Å². The minimum absolute atomic E-state index is 0.0115. The Bertz CT molecular complexity index is 1080. The summed E-state index contributed by atoms with van der Waals surface area (Å²) in [5, 5.41) is 0. The number of aryl methyl sites for hydroxylation is 1. The van der Waals surface area contributed by atoms with E-state index < -0.39 is 0 Å². The number of rotatable bonds is 3. The maximum Gasteiger partial charge on any atom is 0.255 e. The standard InChI is InChI=1S/C19H22N6O2/c1-12-5-4-7-25-13(10-20-17(12)25)9-16(26)24-8-6-14-15(11-24)21-19(23(2)3)22-18(14)27/h4-5,7,10H,6,8-9,11H2,1-3H3,(H,21,22,27). The number of aromatic amines is 1. The van der Waals surface area contributed by atoms with Crippen LogP contribution in [0.1, 0.15) is 22.5 Å². The van der Waals surface area contributed by atoms with Gasteiger partial charge < -0.3 is 14.2 Å². The molecule has 0 atom stereocenters. The van der Waals surface area contributed by atoms with Crippen LogP contribution >= 0.6 is 0 Å². The van der Waals surface area contributed by atoms with Gasteiger partial charge in [0.15, 0.2) is 0 Å². The minimum Gasteiger partial charge on any atom is -0.348 e. The maximum atomic E-state index is 12.9. The zero-order valence-corrected chi connectivity index (χ0v) is 15.7. The lowest BCUT2D eigenvalue weighted by Crippen LogP contribution is -2.40. The lowest BCUT2D eigenvalue weighted by Gasteiger charge is -2.28. The SMILES string of the molecule is Cc1cccn2c(CC(=O)N3CCc4c(nc(N(C)C)[nH]c4=O)C3)cnc12. The number of fused-ring (bicyclic) bond motifs is 2. The third-order valence-corrected chi connectivity index (χ3v) is 4.98. The Labute approximate surface area is 156 Å². The van der Waals surface area contributed by atoms with E-state index in [2.05, 4.69) is 15.0 Å². The van der Waals surface area contributed by atoms with Gasteiger partial charge in [0.05, 0.1) is 24.4 Å². The summed E-state index contributed by atoms with van der Waals surface area (Å²) in [4.78, 5) is 40.4. The molecule has 1 amide bonds. The van der Waals surface area contributed by atoms with E-state index in [0.717, 1.165) is 16.9 Å².